The van der Waals surface area contributed by atoms with Crippen LogP contribution in [0.1, 0.15) is 32.1 Å². The minimum absolute atomic E-state index is 0.293. The normalized spacial score (nSPS) is 22.6. The molecular weight excluding hydrogens is 200 g/mol. The molecule has 0 aromatic carbocycles. The van der Waals surface area contributed by atoms with Gasteiger partial charge in [-0.25, -0.2) is 0 Å². The quantitative estimate of drug-likeness (QED) is 0.527. The second kappa shape index (κ2) is 6.86. The molecule has 4 heteroatoms. The van der Waals surface area contributed by atoms with E-state index in [0.29, 0.717) is 12.3 Å². The van der Waals surface area contributed by atoms with E-state index in [1.165, 1.54) is 32.2 Å². The molecular formula is C12H26N4. The van der Waals surface area contributed by atoms with Crippen LogP contribution in [-0.2, 0) is 0 Å². The number of amidine groups is 1. The average molecular weight is 226 g/mol. The number of nitrogens with zero attached hydrogens (tertiary/aromatic N) is 2. The second-order valence-electron chi connectivity index (χ2n) is 5.00. The third-order valence-electron chi connectivity index (χ3n) is 3.53. The summed E-state index contributed by atoms with van der Waals surface area (Å²) in [5, 5.41) is 7.19. The van der Waals surface area contributed by atoms with Gasteiger partial charge in [0, 0.05) is 19.0 Å². The average Bonchev–Trinajstić information content (AvgIpc) is 2.25. The van der Waals surface area contributed by atoms with Crippen molar-refractivity contribution in [2.45, 2.75) is 38.1 Å². The molecule has 0 aliphatic carbocycles. The van der Waals surface area contributed by atoms with Gasteiger partial charge in [-0.05, 0) is 46.4 Å². The van der Waals surface area contributed by atoms with Crippen molar-refractivity contribution >= 4 is 5.84 Å². The summed E-state index contributed by atoms with van der Waals surface area (Å²) in [6.07, 6.45) is 6.01. The van der Waals surface area contributed by atoms with Crippen LogP contribution in [0.4, 0.5) is 0 Å². The van der Waals surface area contributed by atoms with Gasteiger partial charge in [0.2, 0.25) is 0 Å². The SMILES string of the molecule is CN(CCC(=N)N)CCC1CCCCN1C. The van der Waals surface area contributed by atoms with Crippen molar-refractivity contribution in [3.8, 4) is 0 Å². The molecule has 0 radical (unpaired) electrons. The third-order valence-corrected chi connectivity index (χ3v) is 3.53. The van der Waals surface area contributed by atoms with Gasteiger partial charge in [-0.3, -0.25) is 5.41 Å². The van der Waals surface area contributed by atoms with Gasteiger partial charge in [0.1, 0.15) is 0 Å². The summed E-state index contributed by atoms with van der Waals surface area (Å²) in [5.74, 6) is 0.293. The Hall–Kier alpha value is -0.610. The van der Waals surface area contributed by atoms with Crippen LogP contribution in [-0.4, -0.2) is 55.4 Å². The zero-order valence-electron chi connectivity index (χ0n) is 10.7. The highest BCUT2D eigenvalue weighted by atomic mass is 15.1. The van der Waals surface area contributed by atoms with Crippen LogP contribution in [0.2, 0.25) is 0 Å². The predicted octanol–water partition coefficient (Wildman–Crippen LogP) is 1.12. The summed E-state index contributed by atoms with van der Waals surface area (Å²) < 4.78 is 0. The van der Waals surface area contributed by atoms with Gasteiger partial charge in [-0.15, -0.1) is 0 Å². The molecule has 94 valence electrons. The van der Waals surface area contributed by atoms with Crippen LogP contribution >= 0.6 is 0 Å². The number of nitrogens with one attached hydrogen (secondary N) is 1. The molecule has 0 amide bonds. The summed E-state index contributed by atoms with van der Waals surface area (Å²) in [6.45, 7) is 3.27. The molecule has 3 N–H and O–H groups in total. The van der Waals surface area contributed by atoms with E-state index in [1.807, 2.05) is 0 Å². The lowest BCUT2D eigenvalue weighted by atomic mass is 10.00. The highest BCUT2D eigenvalue weighted by Gasteiger charge is 2.18. The van der Waals surface area contributed by atoms with E-state index in [4.69, 9.17) is 11.1 Å². The summed E-state index contributed by atoms with van der Waals surface area (Å²) in [5.41, 5.74) is 5.35. The molecule has 1 atom stereocenters. The molecule has 1 unspecified atom stereocenters. The summed E-state index contributed by atoms with van der Waals surface area (Å²) in [7, 11) is 4.35. The number of nitrogens with two attached hydrogens (primary N) is 1. The topological polar surface area (TPSA) is 56.4 Å². The summed E-state index contributed by atoms with van der Waals surface area (Å²) in [6, 6.07) is 0.758. The van der Waals surface area contributed by atoms with Gasteiger partial charge in [0.25, 0.3) is 0 Å². The Morgan fingerprint density at radius 3 is 2.81 bits per heavy atom. The lowest BCUT2D eigenvalue weighted by molar-refractivity contribution is 0.161. The minimum atomic E-state index is 0.293. The van der Waals surface area contributed by atoms with E-state index in [0.717, 1.165) is 19.1 Å². The highest BCUT2D eigenvalue weighted by Crippen LogP contribution is 2.17. The van der Waals surface area contributed by atoms with Crippen molar-refractivity contribution in [2.75, 3.05) is 33.7 Å². The zero-order valence-corrected chi connectivity index (χ0v) is 10.7. The molecule has 0 spiro atoms. The van der Waals surface area contributed by atoms with E-state index in [1.54, 1.807) is 0 Å². The highest BCUT2D eigenvalue weighted by molar-refractivity contribution is 5.76. The fourth-order valence-corrected chi connectivity index (χ4v) is 2.30. The Labute approximate surface area is 99.3 Å². The molecule has 0 aromatic heterocycles. The van der Waals surface area contributed by atoms with Crippen LogP contribution in [0.15, 0.2) is 0 Å². The maximum absolute atomic E-state index is 7.19. The molecule has 0 bridgehead atoms. The molecule has 0 aromatic rings. The Balaban J connectivity index is 2.14. The van der Waals surface area contributed by atoms with Crippen LogP contribution in [0, 0.1) is 5.41 Å². The first-order valence-corrected chi connectivity index (χ1v) is 6.31. The number of piperidine rings is 1. The lowest BCUT2D eigenvalue weighted by Gasteiger charge is -2.33. The van der Waals surface area contributed by atoms with Gasteiger partial charge in [0.05, 0.1) is 5.84 Å². The minimum Gasteiger partial charge on any atom is -0.388 e. The summed E-state index contributed by atoms with van der Waals surface area (Å²) >= 11 is 0. The molecule has 1 fully saturated rings. The Bertz CT molecular complexity index is 217. The summed E-state index contributed by atoms with van der Waals surface area (Å²) in [4.78, 5) is 4.77. The monoisotopic (exact) mass is 226 g/mol. The van der Waals surface area contributed by atoms with E-state index in [9.17, 15) is 0 Å². The third kappa shape index (κ3) is 4.94. The van der Waals surface area contributed by atoms with E-state index >= 15 is 0 Å². The smallest absolute Gasteiger partial charge is 0.0918 e. The largest absolute Gasteiger partial charge is 0.388 e. The number of likely N-dealkylation sites (tertiary alicyclic amines) is 1. The fourth-order valence-electron chi connectivity index (χ4n) is 2.30. The van der Waals surface area contributed by atoms with Crippen molar-refractivity contribution in [2.24, 2.45) is 5.73 Å². The first kappa shape index (κ1) is 13.5. The molecule has 4 nitrogen and oxygen atoms in total. The molecule has 16 heavy (non-hydrogen) atoms. The number of hydrogen-bond donors (Lipinski definition) is 2. The Morgan fingerprint density at radius 1 is 1.44 bits per heavy atom. The van der Waals surface area contributed by atoms with Crippen molar-refractivity contribution < 1.29 is 0 Å². The van der Waals surface area contributed by atoms with Crippen LogP contribution in [0.3, 0.4) is 0 Å². The maximum Gasteiger partial charge on any atom is 0.0918 e. The lowest BCUT2D eigenvalue weighted by Crippen LogP contribution is -2.38. The Morgan fingerprint density at radius 2 is 2.19 bits per heavy atom. The van der Waals surface area contributed by atoms with E-state index in [-0.39, 0.29) is 0 Å². The van der Waals surface area contributed by atoms with Gasteiger partial charge in [0.15, 0.2) is 0 Å². The van der Waals surface area contributed by atoms with Crippen molar-refractivity contribution in [1.82, 2.24) is 9.80 Å². The van der Waals surface area contributed by atoms with Gasteiger partial charge < -0.3 is 15.5 Å². The molecule has 1 aliphatic rings. The first-order chi connectivity index (χ1) is 7.59. The standard InChI is InChI=1S/C12H26N4/c1-15(10-7-12(13)14)9-6-11-5-3-4-8-16(11)2/h11H,3-10H2,1-2H3,(H3,13,14). The van der Waals surface area contributed by atoms with Gasteiger partial charge in [-0.1, -0.05) is 6.42 Å². The number of rotatable bonds is 6. The Kier molecular flexibility index (Phi) is 5.77. The van der Waals surface area contributed by atoms with Crippen molar-refractivity contribution in [1.29, 1.82) is 5.41 Å². The second-order valence-corrected chi connectivity index (χ2v) is 5.00. The van der Waals surface area contributed by atoms with E-state index in [2.05, 4.69) is 23.9 Å². The van der Waals surface area contributed by atoms with E-state index < -0.39 is 0 Å². The van der Waals surface area contributed by atoms with Crippen molar-refractivity contribution in [3.05, 3.63) is 0 Å². The zero-order chi connectivity index (χ0) is 12.0. The van der Waals surface area contributed by atoms with Crippen LogP contribution in [0.5, 0.6) is 0 Å². The number of hydrogen-bond acceptors (Lipinski definition) is 3. The van der Waals surface area contributed by atoms with Crippen molar-refractivity contribution in [3.63, 3.8) is 0 Å². The molecule has 1 rings (SSSR count). The molecule has 1 aliphatic heterocycles. The molecule has 1 heterocycles. The van der Waals surface area contributed by atoms with Gasteiger partial charge in [-0.2, -0.15) is 0 Å². The van der Waals surface area contributed by atoms with Gasteiger partial charge >= 0.3 is 0 Å². The molecule has 1 saturated heterocycles. The predicted molar refractivity (Wildman–Crippen MR) is 68.9 cm³/mol. The fraction of sp³-hybridized carbons (Fsp3) is 0.917. The first-order valence-electron chi connectivity index (χ1n) is 6.31. The van der Waals surface area contributed by atoms with Crippen LogP contribution < -0.4 is 5.73 Å². The van der Waals surface area contributed by atoms with Crippen LogP contribution in [0.25, 0.3) is 0 Å². The molecule has 0 saturated carbocycles. The maximum atomic E-state index is 7.19.